The van der Waals surface area contributed by atoms with E-state index in [1.54, 1.807) is 11.3 Å². The normalized spacial score (nSPS) is 19.5. The fourth-order valence-corrected chi connectivity index (χ4v) is 3.46. The summed E-state index contributed by atoms with van der Waals surface area (Å²) in [6.45, 7) is 0.884. The molecule has 1 aliphatic carbocycles. The van der Waals surface area contributed by atoms with Crippen LogP contribution in [0.3, 0.4) is 0 Å². The maximum absolute atomic E-state index is 5.89. The highest BCUT2D eigenvalue weighted by Gasteiger charge is 2.23. The largest absolute Gasteiger partial charge is 0.330 e. The molecule has 0 saturated heterocycles. The summed E-state index contributed by atoms with van der Waals surface area (Å²) in [5.74, 6) is 1.70. The molecule has 84 valence electrons. The lowest BCUT2D eigenvalue weighted by Gasteiger charge is -2.21. The van der Waals surface area contributed by atoms with Gasteiger partial charge in [-0.3, -0.25) is 0 Å². The molecule has 0 aliphatic heterocycles. The first kappa shape index (κ1) is 11.2. The van der Waals surface area contributed by atoms with E-state index in [4.69, 9.17) is 5.73 Å². The van der Waals surface area contributed by atoms with Crippen LogP contribution < -0.4 is 5.73 Å². The molecule has 0 radical (unpaired) electrons. The number of thiophene rings is 1. The van der Waals surface area contributed by atoms with Gasteiger partial charge in [-0.25, -0.2) is 0 Å². The molecule has 15 heavy (non-hydrogen) atoms. The fraction of sp³-hybridized carbons (Fsp3) is 0.692. The van der Waals surface area contributed by atoms with Gasteiger partial charge in [-0.05, 0) is 53.6 Å². The quantitative estimate of drug-likeness (QED) is 0.813. The second kappa shape index (κ2) is 5.66. The topological polar surface area (TPSA) is 26.0 Å². The van der Waals surface area contributed by atoms with Crippen molar-refractivity contribution in [2.75, 3.05) is 6.54 Å². The molecule has 1 saturated carbocycles. The third-order valence-corrected chi connectivity index (χ3v) is 4.49. The van der Waals surface area contributed by atoms with Crippen LogP contribution in [0.15, 0.2) is 16.8 Å². The Morgan fingerprint density at radius 3 is 2.80 bits per heavy atom. The Morgan fingerprint density at radius 2 is 2.20 bits per heavy atom. The highest BCUT2D eigenvalue weighted by molar-refractivity contribution is 7.07. The van der Waals surface area contributed by atoms with Crippen LogP contribution in [0.5, 0.6) is 0 Å². The highest BCUT2D eigenvalue weighted by Crippen LogP contribution is 2.33. The van der Waals surface area contributed by atoms with Crippen molar-refractivity contribution in [3.63, 3.8) is 0 Å². The lowest BCUT2D eigenvalue weighted by atomic mass is 9.86. The molecule has 1 atom stereocenters. The average Bonchev–Trinajstić information content (AvgIpc) is 2.90. The van der Waals surface area contributed by atoms with Gasteiger partial charge in [0.25, 0.3) is 0 Å². The highest BCUT2D eigenvalue weighted by atomic mass is 32.1. The zero-order valence-electron chi connectivity index (χ0n) is 9.32. The Hall–Kier alpha value is -0.340. The van der Waals surface area contributed by atoms with Gasteiger partial charge in [0.15, 0.2) is 0 Å². The predicted octanol–water partition coefficient (Wildman–Crippen LogP) is 3.45. The first-order valence-electron chi connectivity index (χ1n) is 6.11. The summed E-state index contributed by atoms with van der Waals surface area (Å²) in [7, 11) is 0. The van der Waals surface area contributed by atoms with Gasteiger partial charge in [0.2, 0.25) is 0 Å². The molecule has 1 heterocycles. The zero-order chi connectivity index (χ0) is 10.5. The van der Waals surface area contributed by atoms with Crippen molar-refractivity contribution >= 4 is 11.3 Å². The van der Waals surface area contributed by atoms with Crippen molar-refractivity contribution in [1.82, 2.24) is 0 Å². The van der Waals surface area contributed by atoms with E-state index < -0.39 is 0 Å². The molecular formula is C13H21NS. The Morgan fingerprint density at radius 1 is 1.40 bits per heavy atom. The SMILES string of the molecule is NCC(CCc1ccsc1)C1CCCC1. The van der Waals surface area contributed by atoms with Gasteiger partial charge in [0, 0.05) is 0 Å². The van der Waals surface area contributed by atoms with Gasteiger partial charge >= 0.3 is 0 Å². The molecule has 1 unspecified atom stereocenters. The second-order valence-corrected chi connectivity index (χ2v) is 5.49. The molecular weight excluding hydrogens is 202 g/mol. The van der Waals surface area contributed by atoms with E-state index >= 15 is 0 Å². The summed E-state index contributed by atoms with van der Waals surface area (Å²) in [6.07, 6.45) is 8.22. The summed E-state index contributed by atoms with van der Waals surface area (Å²) in [4.78, 5) is 0. The van der Waals surface area contributed by atoms with Gasteiger partial charge in [0.1, 0.15) is 0 Å². The Kier molecular flexibility index (Phi) is 4.21. The molecule has 2 rings (SSSR count). The summed E-state index contributed by atoms with van der Waals surface area (Å²) in [5, 5.41) is 4.44. The maximum Gasteiger partial charge on any atom is -0.00461 e. The summed E-state index contributed by atoms with van der Waals surface area (Å²) in [6, 6.07) is 2.24. The van der Waals surface area contributed by atoms with Crippen LogP contribution in [0.4, 0.5) is 0 Å². The first-order valence-corrected chi connectivity index (χ1v) is 7.05. The van der Waals surface area contributed by atoms with Crippen molar-refractivity contribution in [2.45, 2.75) is 38.5 Å². The summed E-state index contributed by atoms with van der Waals surface area (Å²) < 4.78 is 0. The summed E-state index contributed by atoms with van der Waals surface area (Å²) in [5.41, 5.74) is 7.39. The first-order chi connectivity index (χ1) is 7.40. The number of aryl methyl sites for hydroxylation is 1. The van der Waals surface area contributed by atoms with Gasteiger partial charge < -0.3 is 5.73 Å². The lowest BCUT2D eigenvalue weighted by molar-refractivity contribution is 0.327. The average molecular weight is 223 g/mol. The van der Waals surface area contributed by atoms with Crippen LogP contribution in [0.1, 0.15) is 37.7 Å². The third kappa shape index (κ3) is 3.05. The predicted molar refractivity (Wildman–Crippen MR) is 67.1 cm³/mol. The van der Waals surface area contributed by atoms with Crippen molar-refractivity contribution in [2.24, 2.45) is 17.6 Å². The standard InChI is InChI=1S/C13H21NS/c14-9-13(12-3-1-2-4-12)6-5-11-7-8-15-10-11/h7-8,10,12-13H,1-6,9,14H2. The molecule has 2 N–H and O–H groups in total. The minimum Gasteiger partial charge on any atom is -0.330 e. The molecule has 1 nitrogen and oxygen atoms in total. The van der Waals surface area contributed by atoms with Crippen LogP contribution >= 0.6 is 11.3 Å². The minimum absolute atomic E-state index is 0.771. The van der Waals surface area contributed by atoms with Gasteiger partial charge in [-0.15, -0.1) is 0 Å². The van der Waals surface area contributed by atoms with E-state index in [1.807, 2.05) is 0 Å². The molecule has 1 fully saturated rings. The van der Waals surface area contributed by atoms with Crippen LogP contribution in [-0.4, -0.2) is 6.54 Å². The van der Waals surface area contributed by atoms with Crippen molar-refractivity contribution < 1.29 is 0 Å². The van der Waals surface area contributed by atoms with Crippen LogP contribution in [0, 0.1) is 11.8 Å². The molecule has 0 spiro atoms. The van der Waals surface area contributed by atoms with E-state index in [0.29, 0.717) is 0 Å². The van der Waals surface area contributed by atoms with Crippen LogP contribution in [0.25, 0.3) is 0 Å². The molecule has 2 heteroatoms. The second-order valence-electron chi connectivity index (χ2n) is 4.71. The van der Waals surface area contributed by atoms with Crippen molar-refractivity contribution in [1.29, 1.82) is 0 Å². The number of nitrogens with two attached hydrogens (primary N) is 1. The third-order valence-electron chi connectivity index (χ3n) is 3.75. The van der Waals surface area contributed by atoms with E-state index in [1.165, 1.54) is 44.1 Å². The fourth-order valence-electron chi connectivity index (χ4n) is 2.76. The van der Waals surface area contributed by atoms with Gasteiger partial charge in [0.05, 0.1) is 0 Å². The lowest BCUT2D eigenvalue weighted by Crippen LogP contribution is -2.22. The molecule has 0 aromatic carbocycles. The summed E-state index contributed by atoms with van der Waals surface area (Å²) >= 11 is 1.80. The van der Waals surface area contributed by atoms with Gasteiger partial charge in [-0.2, -0.15) is 11.3 Å². The van der Waals surface area contributed by atoms with E-state index in [0.717, 1.165) is 18.4 Å². The van der Waals surface area contributed by atoms with E-state index in [9.17, 15) is 0 Å². The monoisotopic (exact) mass is 223 g/mol. The van der Waals surface area contributed by atoms with Crippen molar-refractivity contribution in [3.8, 4) is 0 Å². The number of hydrogen-bond acceptors (Lipinski definition) is 2. The number of hydrogen-bond donors (Lipinski definition) is 1. The molecule has 0 amide bonds. The zero-order valence-corrected chi connectivity index (χ0v) is 10.1. The van der Waals surface area contributed by atoms with E-state index in [2.05, 4.69) is 16.8 Å². The van der Waals surface area contributed by atoms with E-state index in [-0.39, 0.29) is 0 Å². The smallest absolute Gasteiger partial charge is 0.00461 e. The minimum atomic E-state index is 0.771. The Labute approximate surface area is 96.7 Å². The Bertz CT molecular complexity index is 262. The number of rotatable bonds is 5. The van der Waals surface area contributed by atoms with Crippen LogP contribution in [0.2, 0.25) is 0 Å². The molecule has 0 bridgehead atoms. The molecule has 1 aromatic rings. The van der Waals surface area contributed by atoms with Crippen molar-refractivity contribution in [3.05, 3.63) is 22.4 Å². The van der Waals surface area contributed by atoms with Gasteiger partial charge in [-0.1, -0.05) is 25.7 Å². The molecule has 1 aliphatic rings. The Balaban J connectivity index is 1.80. The molecule has 1 aromatic heterocycles. The van der Waals surface area contributed by atoms with Crippen LogP contribution in [-0.2, 0) is 6.42 Å². The maximum atomic E-state index is 5.89.